The Morgan fingerprint density at radius 3 is 2.61 bits per heavy atom. The van der Waals surface area contributed by atoms with E-state index >= 15 is 0 Å². The number of amides is 1. The number of carbonyl (C=O) groups is 1. The summed E-state index contributed by atoms with van der Waals surface area (Å²) in [6.45, 7) is 0. The molecule has 5 nitrogen and oxygen atoms in total. The van der Waals surface area contributed by atoms with E-state index in [1.54, 1.807) is 24.7 Å². The van der Waals surface area contributed by atoms with Crippen LogP contribution in [0, 0.1) is 11.3 Å². The van der Waals surface area contributed by atoms with Gasteiger partial charge in [0.1, 0.15) is 0 Å². The van der Waals surface area contributed by atoms with Gasteiger partial charge in [0, 0.05) is 18.1 Å². The Balaban J connectivity index is 2.08. The summed E-state index contributed by atoms with van der Waals surface area (Å²) in [4.78, 5) is 15.4. The third-order valence-corrected chi connectivity index (χ3v) is 3.58. The predicted octanol–water partition coefficient (Wildman–Crippen LogP) is 2.44. The van der Waals surface area contributed by atoms with E-state index in [0.29, 0.717) is 5.56 Å². The van der Waals surface area contributed by atoms with E-state index in [-0.39, 0.29) is 12.3 Å². The van der Waals surface area contributed by atoms with Crippen molar-refractivity contribution in [3.8, 4) is 22.9 Å². The van der Waals surface area contributed by atoms with Crippen molar-refractivity contribution < 1.29 is 4.79 Å². The molecule has 1 amide bonds. The minimum Gasteiger partial charge on any atom is -0.369 e. The molecule has 0 saturated heterocycles. The summed E-state index contributed by atoms with van der Waals surface area (Å²) >= 11 is 0. The number of benzene rings is 2. The van der Waals surface area contributed by atoms with Crippen molar-refractivity contribution in [2.24, 2.45) is 5.73 Å². The number of rotatable bonds is 4. The molecule has 3 aromatic rings. The highest BCUT2D eigenvalue weighted by atomic mass is 16.1. The van der Waals surface area contributed by atoms with E-state index in [0.717, 1.165) is 22.4 Å². The highest BCUT2D eigenvalue weighted by Gasteiger charge is 2.10. The van der Waals surface area contributed by atoms with Crippen LogP contribution in [0.3, 0.4) is 0 Å². The molecule has 0 radical (unpaired) electrons. The molecule has 1 aromatic heterocycles. The standard InChI is InChI=1S/C18H14N4O/c19-11-13-1-3-14(4-2-13)17-6-5-16(22-8-7-21-12-22)9-15(17)10-18(20)23/h1-9,12H,10H2,(H2,20,23). The molecule has 2 aromatic carbocycles. The van der Waals surface area contributed by atoms with Gasteiger partial charge in [0.05, 0.1) is 24.4 Å². The summed E-state index contributed by atoms with van der Waals surface area (Å²) < 4.78 is 1.87. The molecule has 0 bridgehead atoms. The molecular weight excluding hydrogens is 288 g/mol. The Morgan fingerprint density at radius 1 is 1.22 bits per heavy atom. The highest BCUT2D eigenvalue weighted by molar-refractivity contribution is 5.81. The molecule has 3 rings (SSSR count). The maximum Gasteiger partial charge on any atom is 0.221 e. The van der Waals surface area contributed by atoms with Crippen molar-refractivity contribution in [2.75, 3.05) is 0 Å². The number of imidazole rings is 1. The molecule has 0 spiro atoms. The van der Waals surface area contributed by atoms with Crippen LogP contribution in [0.4, 0.5) is 0 Å². The number of carbonyl (C=O) groups excluding carboxylic acids is 1. The number of nitrogens with two attached hydrogens (primary N) is 1. The Hall–Kier alpha value is -3.39. The van der Waals surface area contributed by atoms with Crippen LogP contribution < -0.4 is 5.73 Å². The fraction of sp³-hybridized carbons (Fsp3) is 0.0556. The zero-order chi connectivity index (χ0) is 16.2. The van der Waals surface area contributed by atoms with Crippen molar-refractivity contribution in [1.29, 1.82) is 5.26 Å². The van der Waals surface area contributed by atoms with Gasteiger partial charge in [-0.3, -0.25) is 4.79 Å². The third-order valence-electron chi connectivity index (χ3n) is 3.58. The van der Waals surface area contributed by atoms with E-state index in [9.17, 15) is 4.79 Å². The second-order valence-electron chi connectivity index (χ2n) is 5.14. The fourth-order valence-electron chi connectivity index (χ4n) is 2.49. The lowest BCUT2D eigenvalue weighted by molar-refractivity contribution is -0.117. The van der Waals surface area contributed by atoms with E-state index in [4.69, 9.17) is 11.0 Å². The summed E-state index contributed by atoms with van der Waals surface area (Å²) in [5, 5.41) is 8.89. The predicted molar refractivity (Wildman–Crippen MR) is 86.6 cm³/mol. The molecule has 0 atom stereocenters. The van der Waals surface area contributed by atoms with Gasteiger partial charge < -0.3 is 10.3 Å². The number of nitriles is 1. The van der Waals surface area contributed by atoms with Crippen molar-refractivity contribution in [1.82, 2.24) is 9.55 Å². The van der Waals surface area contributed by atoms with Gasteiger partial charge in [-0.05, 0) is 41.0 Å². The van der Waals surface area contributed by atoms with E-state index < -0.39 is 0 Å². The number of hydrogen-bond donors (Lipinski definition) is 1. The number of nitrogens with zero attached hydrogens (tertiary/aromatic N) is 3. The molecule has 5 heteroatoms. The molecule has 23 heavy (non-hydrogen) atoms. The summed E-state index contributed by atoms with van der Waals surface area (Å²) in [5.74, 6) is -0.386. The molecular formula is C18H14N4O. The first-order chi connectivity index (χ1) is 11.2. The number of primary amides is 1. The number of aromatic nitrogens is 2. The molecule has 1 heterocycles. The Bertz CT molecular complexity index is 874. The van der Waals surface area contributed by atoms with Gasteiger partial charge in [0.2, 0.25) is 5.91 Å². The van der Waals surface area contributed by atoms with Crippen molar-refractivity contribution in [3.63, 3.8) is 0 Å². The first-order valence-corrected chi connectivity index (χ1v) is 7.07. The lowest BCUT2D eigenvalue weighted by atomic mass is 9.96. The van der Waals surface area contributed by atoms with Gasteiger partial charge in [0.25, 0.3) is 0 Å². The smallest absolute Gasteiger partial charge is 0.221 e. The highest BCUT2D eigenvalue weighted by Crippen LogP contribution is 2.27. The average Bonchev–Trinajstić information content (AvgIpc) is 3.09. The lowest BCUT2D eigenvalue weighted by Crippen LogP contribution is -2.14. The molecule has 0 unspecified atom stereocenters. The molecule has 112 valence electrons. The summed E-state index contributed by atoms with van der Waals surface area (Å²) in [6, 6.07) is 15.2. The molecule has 0 aliphatic heterocycles. The van der Waals surface area contributed by atoms with Gasteiger partial charge in [-0.1, -0.05) is 18.2 Å². The molecule has 0 fully saturated rings. The minimum absolute atomic E-state index is 0.151. The Morgan fingerprint density at radius 2 is 2.00 bits per heavy atom. The molecule has 0 aliphatic rings. The molecule has 0 saturated carbocycles. The second-order valence-corrected chi connectivity index (χ2v) is 5.14. The van der Waals surface area contributed by atoms with Gasteiger partial charge >= 0.3 is 0 Å². The van der Waals surface area contributed by atoms with Crippen LogP contribution in [0.15, 0.2) is 61.2 Å². The largest absolute Gasteiger partial charge is 0.369 e. The van der Waals surface area contributed by atoms with Crippen LogP contribution in [0.2, 0.25) is 0 Å². The zero-order valence-electron chi connectivity index (χ0n) is 12.3. The van der Waals surface area contributed by atoms with Crippen molar-refractivity contribution in [3.05, 3.63) is 72.3 Å². The van der Waals surface area contributed by atoms with Crippen LogP contribution >= 0.6 is 0 Å². The van der Waals surface area contributed by atoms with Crippen LogP contribution in [-0.4, -0.2) is 15.5 Å². The third kappa shape index (κ3) is 3.11. The SMILES string of the molecule is N#Cc1ccc(-c2ccc(-n3ccnc3)cc2CC(N)=O)cc1. The maximum atomic E-state index is 11.4. The van der Waals surface area contributed by atoms with E-state index in [1.165, 1.54) is 0 Å². The summed E-state index contributed by atoms with van der Waals surface area (Å²) in [5.41, 5.74) is 9.61. The van der Waals surface area contributed by atoms with Gasteiger partial charge in [-0.25, -0.2) is 4.98 Å². The van der Waals surface area contributed by atoms with Crippen LogP contribution in [0.1, 0.15) is 11.1 Å². The van der Waals surface area contributed by atoms with Crippen LogP contribution in [0.25, 0.3) is 16.8 Å². The Labute approximate surface area is 133 Å². The lowest BCUT2D eigenvalue weighted by Gasteiger charge is -2.12. The number of hydrogen-bond acceptors (Lipinski definition) is 3. The topological polar surface area (TPSA) is 84.7 Å². The van der Waals surface area contributed by atoms with Gasteiger partial charge in [0.15, 0.2) is 0 Å². The van der Waals surface area contributed by atoms with Gasteiger partial charge in [-0.2, -0.15) is 5.26 Å². The molecule has 2 N–H and O–H groups in total. The second kappa shape index (κ2) is 6.16. The van der Waals surface area contributed by atoms with Crippen molar-refractivity contribution in [2.45, 2.75) is 6.42 Å². The van der Waals surface area contributed by atoms with Crippen LogP contribution in [0.5, 0.6) is 0 Å². The normalized spacial score (nSPS) is 10.2. The Kier molecular flexibility index (Phi) is 3.89. The van der Waals surface area contributed by atoms with Crippen molar-refractivity contribution >= 4 is 5.91 Å². The van der Waals surface area contributed by atoms with E-state index in [1.807, 2.05) is 41.1 Å². The first-order valence-electron chi connectivity index (χ1n) is 7.07. The fourth-order valence-corrected chi connectivity index (χ4v) is 2.49. The monoisotopic (exact) mass is 302 g/mol. The first kappa shape index (κ1) is 14.5. The summed E-state index contributed by atoms with van der Waals surface area (Å²) in [7, 11) is 0. The van der Waals surface area contributed by atoms with Gasteiger partial charge in [-0.15, -0.1) is 0 Å². The zero-order valence-corrected chi connectivity index (χ0v) is 12.3. The average molecular weight is 302 g/mol. The van der Waals surface area contributed by atoms with E-state index in [2.05, 4.69) is 11.1 Å². The quantitative estimate of drug-likeness (QED) is 0.803. The molecule has 0 aliphatic carbocycles. The summed E-state index contributed by atoms with van der Waals surface area (Å²) in [6.07, 6.45) is 5.38. The minimum atomic E-state index is -0.386. The van der Waals surface area contributed by atoms with Crippen LogP contribution in [-0.2, 0) is 11.2 Å². The maximum absolute atomic E-state index is 11.4.